The van der Waals surface area contributed by atoms with Crippen molar-refractivity contribution in [2.75, 3.05) is 0 Å². The first-order chi connectivity index (χ1) is 5.25. The summed E-state index contributed by atoms with van der Waals surface area (Å²) < 4.78 is 0. The molecular formula is C11H16. The molecule has 0 bridgehead atoms. The molecule has 1 saturated carbocycles. The average Bonchev–Trinajstić information content (AvgIpc) is 2.27. The van der Waals surface area contributed by atoms with Crippen LogP contribution in [-0.4, -0.2) is 0 Å². The largest absolute Gasteiger partial charge is 0.0744 e. The summed E-state index contributed by atoms with van der Waals surface area (Å²) in [4.78, 5) is 0. The standard InChI is InChI=1S/C11H16/c1-8-3-4-10-6-9(2)7-11(10)5-8/h6-8,10H,3-5H2,1-2H3. The van der Waals surface area contributed by atoms with Gasteiger partial charge in [0.1, 0.15) is 0 Å². The third-order valence-corrected chi connectivity index (χ3v) is 2.91. The summed E-state index contributed by atoms with van der Waals surface area (Å²) in [6.07, 6.45) is 8.98. The van der Waals surface area contributed by atoms with Crippen molar-refractivity contribution >= 4 is 0 Å². The summed E-state index contributed by atoms with van der Waals surface area (Å²) in [7, 11) is 0. The van der Waals surface area contributed by atoms with Crippen LogP contribution in [0.25, 0.3) is 0 Å². The summed E-state index contributed by atoms with van der Waals surface area (Å²) in [6.45, 7) is 4.58. The molecule has 2 aliphatic rings. The molecule has 0 radical (unpaired) electrons. The minimum atomic E-state index is 0.825. The van der Waals surface area contributed by atoms with Crippen molar-refractivity contribution < 1.29 is 0 Å². The van der Waals surface area contributed by atoms with Gasteiger partial charge in [0.2, 0.25) is 0 Å². The second-order valence-corrected chi connectivity index (χ2v) is 4.12. The van der Waals surface area contributed by atoms with Crippen LogP contribution in [0.3, 0.4) is 0 Å². The number of hydrogen-bond acceptors (Lipinski definition) is 0. The van der Waals surface area contributed by atoms with Gasteiger partial charge in [0.15, 0.2) is 0 Å². The van der Waals surface area contributed by atoms with E-state index in [0.717, 1.165) is 11.8 Å². The lowest BCUT2D eigenvalue weighted by Gasteiger charge is -2.24. The first kappa shape index (κ1) is 7.15. The van der Waals surface area contributed by atoms with Crippen molar-refractivity contribution in [1.29, 1.82) is 0 Å². The van der Waals surface area contributed by atoms with Gasteiger partial charge in [-0.15, -0.1) is 0 Å². The molecule has 11 heavy (non-hydrogen) atoms. The molecule has 0 heterocycles. The fourth-order valence-electron chi connectivity index (χ4n) is 2.32. The van der Waals surface area contributed by atoms with E-state index in [0.29, 0.717) is 0 Å². The molecule has 0 N–H and O–H groups in total. The Morgan fingerprint density at radius 1 is 1.36 bits per heavy atom. The molecule has 2 atom stereocenters. The Labute approximate surface area is 69.0 Å². The lowest BCUT2D eigenvalue weighted by Crippen LogP contribution is -2.11. The lowest BCUT2D eigenvalue weighted by molar-refractivity contribution is 0.411. The van der Waals surface area contributed by atoms with Crippen LogP contribution in [0.5, 0.6) is 0 Å². The Hall–Kier alpha value is -0.520. The predicted octanol–water partition coefficient (Wildman–Crippen LogP) is 3.31. The van der Waals surface area contributed by atoms with Crippen molar-refractivity contribution in [3.8, 4) is 0 Å². The van der Waals surface area contributed by atoms with Crippen LogP contribution in [0.2, 0.25) is 0 Å². The molecule has 1 fully saturated rings. The topological polar surface area (TPSA) is 0 Å². The van der Waals surface area contributed by atoms with E-state index in [9.17, 15) is 0 Å². The van der Waals surface area contributed by atoms with E-state index in [1.165, 1.54) is 24.8 Å². The first-order valence-electron chi connectivity index (χ1n) is 4.64. The molecule has 0 saturated heterocycles. The summed E-state index contributed by atoms with van der Waals surface area (Å²) in [5.41, 5.74) is 3.18. The summed E-state index contributed by atoms with van der Waals surface area (Å²) in [6, 6.07) is 0. The van der Waals surface area contributed by atoms with E-state index < -0.39 is 0 Å². The van der Waals surface area contributed by atoms with E-state index in [2.05, 4.69) is 26.0 Å². The molecule has 0 aliphatic heterocycles. The second-order valence-electron chi connectivity index (χ2n) is 4.12. The van der Waals surface area contributed by atoms with Gasteiger partial charge in [0.05, 0.1) is 0 Å². The Morgan fingerprint density at radius 2 is 2.18 bits per heavy atom. The average molecular weight is 148 g/mol. The fraction of sp³-hybridized carbons (Fsp3) is 0.636. The Balaban J connectivity index is 2.16. The zero-order chi connectivity index (χ0) is 7.84. The molecule has 0 amide bonds. The smallest absolute Gasteiger partial charge is 0.00141 e. The van der Waals surface area contributed by atoms with Crippen LogP contribution < -0.4 is 0 Å². The number of allylic oxidation sites excluding steroid dienone is 4. The lowest BCUT2D eigenvalue weighted by atomic mass is 9.81. The molecule has 0 aromatic heterocycles. The number of fused-ring (bicyclic) bond motifs is 1. The number of rotatable bonds is 0. The van der Waals surface area contributed by atoms with Crippen LogP contribution in [0, 0.1) is 11.8 Å². The third-order valence-electron chi connectivity index (χ3n) is 2.91. The molecule has 0 spiro atoms. The highest BCUT2D eigenvalue weighted by Gasteiger charge is 2.24. The normalized spacial score (nSPS) is 36.2. The Kier molecular flexibility index (Phi) is 1.63. The zero-order valence-electron chi connectivity index (χ0n) is 7.43. The molecular weight excluding hydrogens is 132 g/mol. The summed E-state index contributed by atoms with van der Waals surface area (Å²) in [5, 5.41) is 0. The van der Waals surface area contributed by atoms with Gasteiger partial charge in [0, 0.05) is 0 Å². The monoisotopic (exact) mass is 148 g/mol. The van der Waals surface area contributed by atoms with Gasteiger partial charge < -0.3 is 0 Å². The van der Waals surface area contributed by atoms with Crippen molar-refractivity contribution in [3.63, 3.8) is 0 Å². The van der Waals surface area contributed by atoms with Crippen LogP contribution in [-0.2, 0) is 0 Å². The SMILES string of the molecule is CC1=CC2CCC(C)CC2=C1. The maximum Gasteiger partial charge on any atom is -0.00141 e. The molecule has 0 nitrogen and oxygen atoms in total. The quantitative estimate of drug-likeness (QED) is 0.494. The van der Waals surface area contributed by atoms with Gasteiger partial charge in [-0.25, -0.2) is 0 Å². The van der Waals surface area contributed by atoms with Gasteiger partial charge in [-0.05, 0) is 38.0 Å². The number of hydrogen-bond donors (Lipinski definition) is 0. The van der Waals surface area contributed by atoms with Gasteiger partial charge in [-0.3, -0.25) is 0 Å². The van der Waals surface area contributed by atoms with Gasteiger partial charge >= 0.3 is 0 Å². The minimum absolute atomic E-state index is 0.825. The van der Waals surface area contributed by atoms with E-state index in [1.807, 2.05) is 0 Å². The van der Waals surface area contributed by atoms with Gasteiger partial charge in [-0.2, -0.15) is 0 Å². The van der Waals surface area contributed by atoms with Crippen molar-refractivity contribution in [3.05, 3.63) is 23.3 Å². The fourth-order valence-corrected chi connectivity index (χ4v) is 2.32. The predicted molar refractivity (Wildman–Crippen MR) is 48.3 cm³/mol. The van der Waals surface area contributed by atoms with Gasteiger partial charge in [0.25, 0.3) is 0 Å². The highest BCUT2D eigenvalue weighted by molar-refractivity contribution is 5.35. The van der Waals surface area contributed by atoms with E-state index in [4.69, 9.17) is 0 Å². The maximum absolute atomic E-state index is 2.43. The second kappa shape index (κ2) is 2.51. The molecule has 0 heteroatoms. The van der Waals surface area contributed by atoms with Crippen LogP contribution in [0.15, 0.2) is 23.3 Å². The summed E-state index contributed by atoms with van der Waals surface area (Å²) >= 11 is 0. The van der Waals surface area contributed by atoms with Gasteiger partial charge in [-0.1, -0.05) is 30.2 Å². The van der Waals surface area contributed by atoms with E-state index in [-0.39, 0.29) is 0 Å². The zero-order valence-corrected chi connectivity index (χ0v) is 7.43. The molecule has 0 aromatic carbocycles. The highest BCUT2D eigenvalue weighted by Crippen LogP contribution is 2.38. The van der Waals surface area contributed by atoms with Crippen LogP contribution in [0.1, 0.15) is 33.1 Å². The molecule has 2 unspecified atom stereocenters. The molecule has 2 aliphatic carbocycles. The molecule has 60 valence electrons. The molecule has 0 aromatic rings. The third kappa shape index (κ3) is 1.26. The van der Waals surface area contributed by atoms with Crippen LogP contribution >= 0.6 is 0 Å². The molecule has 2 rings (SSSR count). The van der Waals surface area contributed by atoms with E-state index >= 15 is 0 Å². The highest BCUT2D eigenvalue weighted by atomic mass is 14.3. The Bertz CT molecular complexity index is 220. The maximum atomic E-state index is 2.43. The Morgan fingerprint density at radius 3 is 3.00 bits per heavy atom. The first-order valence-corrected chi connectivity index (χ1v) is 4.64. The van der Waals surface area contributed by atoms with Crippen molar-refractivity contribution in [2.24, 2.45) is 11.8 Å². The summed E-state index contributed by atoms with van der Waals surface area (Å²) in [5.74, 6) is 1.75. The van der Waals surface area contributed by atoms with Crippen molar-refractivity contribution in [2.45, 2.75) is 33.1 Å². The van der Waals surface area contributed by atoms with Crippen molar-refractivity contribution in [1.82, 2.24) is 0 Å². The van der Waals surface area contributed by atoms with Crippen LogP contribution in [0.4, 0.5) is 0 Å². The van der Waals surface area contributed by atoms with E-state index in [1.54, 1.807) is 5.57 Å². The minimum Gasteiger partial charge on any atom is -0.0744 e.